The van der Waals surface area contributed by atoms with E-state index in [1.54, 1.807) is 17.0 Å². The normalized spacial score (nSPS) is 20.4. The molecule has 0 bridgehead atoms. The maximum absolute atomic E-state index is 10.9. The molecule has 1 aliphatic rings. The first kappa shape index (κ1) is 18.3. The first-order chi connectivity index (χ1) is 12.9. The van der Waals surface area contributed by atoms with Gasteiger partial charge in [-0.2, -0.15) is 8.42 Å². The van der Waals surface area contributed by atoms with Crippen LogP contribution in [0.5, 0.6) is 0 Å². The maximum atomic E-state index is 10.9. The molecule has 3 heterocycles. The van der Waals surface area contributed by atoms with Gasteiger partial charge in [-0.15, -0.1) is 0 Å². The second-order valence-corrected chi connectivity index (χ2v) is 7.72. The molecular weight excluding hydrogens is 394 g/mol. The van der Waals surface area contributed by atoms with Crippen molar-refractivity contribution in [1.29, 1.82) is 0 Å². The summed E-state index contributed by atoms with van der Waals surface area (Å²) in [6.45, 7) is -0.123. The number of benzene rings is 1. The summed E-state index contributed by atoms with van der Waals surface area (Å²) in [7, 11) is -3.99. The summed E-state index contributed by atoms with van der Waals surface area (Å²) in [5.74, 6) is 0. The fourth-order valence-corrected chi connectivity index (χ4v) is 3.66. The van der Waals surface area contributed by atoms with Crippen LogP contribution in [0.15, 0.2) is 36.9 Å². The van der Waals surface area contributed by atoms with E-state index in [4.69, 9.17) is 21.5 Å². The zero-order chi connectivity index (χ0) is 19.0. The van der Waals surface area contributed by atoms with Gasteiger partial charge in [-0.25, -0.2) is 20.1 Å². The summed E-state index contributed by atoms with van der Waals surface area (Å²) in [4.78, 5) is 13.1. The van der Waals surface area contributed by atoms with Crippen molar-refractivity contribution in [1.82, 2.24) is 19.5 Å². The predicted octanol–water partition coefficient (Wildman–Crippen LogP) is 2.04. The van der Waals surface area contributed by atoms with Gasteiger partial charge in [-0.05, 0) is 18.9 Å². The van der Waals surface area contributed by atoms with Crippen molar-refractivity contribution in [2.45, 2.75) is 25.2 Å². The highest BCUT2D eigenvalue weighted by Gasteiger charge is 2.29. The number of hydrogen-bond acceptors (Lipinski definition) is 7. The monoisotopic (exact) mass is 409 g/mol. The molecule has 2 atom stereocenters. The summed E-state index contributed by atoms with van der Waals surface area (Å²) in [6, 6.07) is 7.38. The Morgan fingerprint density at radius 2 is 2.07 bits per heavy atom. The van der Waals surface area contributed by atoms with E-state index in [1.807, 2.05) is 18.2 Å². The van der Waals surface area contributed by atoms with Crippen LogP contribution in [-0.2, 0) is 19.2 Å². The van der Waals surface area contributed by atoms with Crippen LogP contribution in [-0.4, -0.2) is 40.6 Å². The Morgan fingerprint density at radius 1 is 1.26 bits per heavy atom. The molecule has 3 aromatic rings. The van der Waals surface area contributed by atoms with E-state index in [0.717, 1.165) is 5.56 Å². The molecule has 0 saturated carbocycles. The number of halogens is 1. The largest absolute Gasteiger partial charge is 0.352 e. The maximum Gasteiger partial charge on any atom is 0.333 e. The number of imidazole rings is 1. The molecule has 0 unspecified atom stereocenters. The highest BCUT2D eigenvalue weighted by molar-refractivity contribution is 7.84. The molecule has 1 saturated heterocycles. The lowest BCUT2D eigenvalue weighted by Gasteiger charge is -2.15. The van der Waals surface area contributed by atoms with Crippen molar-refractivity contribution in [3.8, 4) is 11.3 Å². The number of hydrogen-bond donors (Lipinski definition) is 1. The van der Waals surface area contributed by atoms with Gasteiger partial charge in [0.15, 0.2) is 5.65 Å². The standard InChI is InChI=1S/C16H16ClN5O4S/c17-12-4-2-1-3-11(12)14-15-16(20-8-19-14)22(9-21-15)13-6-5-10(26-13)7-25-27(18,23)24/h1-4,8-10,13H,5-7H2,(H2,18,23,24)/t10-,13+/m0/s1. The van der Waals surface area contributed by atoms with Crippen molar-refractivity contribution in [3.05, 3.63) is 41.9 Å². The van der Waals surface area contributed by atoms with Crippen molar-refractivity contribution >= 4 is 33.1 Å². The number of ether oxygens (including phenoxy) is 1. The summed E-state index contributed by atoms with van der Waals surface area (Å²) in [5.41, 5.74) is 2.62. The van der Waals surface area contributed by atoms with E-state index >= 15 is 0 Å². The molecule has 142 valence electrons. The van der Waals surface area contributed by atoms with Gasteiger partial charge in [-0.3, -0.25) is 8.75 Å². The minimum Gasteiger partial charge on any atom is -0.352 e. The summed E-state index contributed by atoms with van der Waals surface area (Å²) < 4.78 is 34.1. The number of rotatable bonds is 5. The highest BCUT2D eigenvalue weighted by Crippen LogP contribution is 2.34. The van der Waals surface area contributed by atoms with Crippen molar-refractivity contribution in [3.63, 3.8) is 0 Å². The number of aromatic nitrogens is 4. The third-order valence-corrected chi connectivity index (χ3v) is 5.10. The average Bonchev–Trinajstić information content (AvgIpc) is 3.26. The molecule has 0 amide bonds. The lowest BCUT2D eigenvalue weighted by Crippen LogP contribution is -2.23. The van der Waals surface area contributed by atoms with Crippen LogP contribution >= 0.6 is 11.6 Å². The van der Waals surface area contributed by atoms with Gasteiger partial charge in [-0.1, -0.05) is 29.8 Å². The Labute approximate surface area is 160 Å². The van der Waals surface area contributed by atoms with E-state index in [9.17, 15) is 8.42 Å². The first-order valence-corrected chi connectivity index (χ1v) is 10.0. The SMILES string of the molecule is NS(=O)(=O)OC[C@@H]1CC[C@H](n2cnc3c(-c4ccccc4Cl)ncnc32)O1. The van der Waals surface area contributed by atoms with Crippen LogP contribution in [0, 0.1) is 0 Å². The summed E-state index contributed by atoms with van der Waals surface area (Å²) in [5, 5.41) is 5.43. The number of nitrogens with zero attached hydrogens (tertiary/aromatic N) is 4. The van der Waals surface area contributed by atoms with Gasteiger partial charge in [0.25, 0.3) is 0 Å². The summed E-state index contributed by atoms with van der Waals surface area (Å²) in [6.07, 6.45) is 3.66. The minimum atomic E-state index is -3.99. The average molecular weight is 410 g/mol. The van der Waals surface area contributed by atoms with Crippen LogP contribution in [0.2, 0.25) is 5.02 Å². The zero-order valence-electron chi connectivity index (χ0n) is 14.0. The molecule has 0 radical (unpaired) electrons. The number of nitrogens with two attached hydrogens (primary N) is 1. The molecule has 11 heteroatoms. The fraction of sp³-hybridized carbons (Fsp3) is 0.312. The Balaban J connectivity index is 1.62. The second-order valence-electron chi connectivity index (χ2n) is 6.09. The van der Waals surface area contributed by atoms with Crippen molar-refractivity contribution in [2.75, 3.05) is 6.61 Å². The molecule has 27 heavy (non-hydrogen) atoms. The van der Waals surface area contributed by atoms with E-state index < -0.39 is 10.3 Å². The van der Waals surface area contributed by atoms with Gasteiger partial charge in [0, 0.05) is 5.56 Å². The lowest BCUT2D eigenvalue weighted by atomic mass is 10.1. The molecule has 2 aromatic heterocycles. The molecule has 0 spiro atoms. The Kier molecular flexibility index (Phi) is 4.82. The fourth-order valence-electron chi connectivity index (χ4n) is 3.10. The Bertz CT molecular complexity index is 1090. The highest BCUT2D eigenvalue weighted by atomic mass is 35.5. The van der Waals surface area contributed by atoms with Crippen molar-refractivity contribution < 1.29 is 17.3 Å². The van der Waals surface area contributed by atoms with Crippen LogP contribution in [0.25, 0.3) is 22.4 Å². The van der Waals surface area contributed by atoms with Gasteiger partial charge < -0.3 is 4.74 Å². The van der Waals surface area contributed by atoms with E-state index in [0.29, 0.717) is 34.7 Å². The van der Waals surface area contributed by atoms with E-state index in [2.05, 4.69) is 19.1 Å². The van der Waals surface area contributed by atoms with Crippen LogP contribution < -0.4 is 5.14 Å². The van der Waals surface area contributed by atoms with E-state index in [-0.39, 0.29) is 18.9 Å². The van der Waals surface area contributed by atoms with Gasteiger partial charge in [0.2, 0.25) is 0 Å². The van der Waals surface area contributed by atoms with Gasteiger partial charge in [0.05, 0.1) is 24.1 Å². The van der Waals surface area contributed by atoms with Crippen molar-refractivity contribution in [2.24, 2.45) is 5.14 Å². The molecule has 1 aliphatic heterocycles. The minimum absolute atomic E-state index is 0.123. The third kappa shape index (κ3) is 3.80. The Hall–Kier alpha value is -2.11. The second kappa shape index (κ2) is 7.13. The number of fused-ring (bicyclic) bond motifs is 1. The van der Waals surface area contributed by atoms with Gasteiger partial charge in [0.1, 0.15) is 23.8 Å². The molecule has 2 N–H and O–H groups in total. The van der Waals surface area contributed by atoms with Crippen LogP contribution in [0.1, 0.15) is 19.1 Å². The lowest BCUT2D eigenvalue weighted by molar-refractivity contribution is -0.0149. The summed E-state index contributed by atoms with van der Waals surface area (Å²) >= 11 is 6.29. The van der Waals surface area contributed by atoms with Crippen LogP contribution in [0.4, 0.5) is 0 Å². The van der Waals surface area contributed by atoms with Crippen LogP contribution in [0.3, 0.4) is 0 Å². The molecule has 0 aliphatic carbocycles. The molecular formula is C16H16ClN5O4S. The zero-order valence-corrected chi connectivity index (χ0v) is 15.6. The molecule has 1 aromatic carbocycles. The third-order valence-electron chi connectivity index (χ3n) is 4.30. The Morgan fingerprint density at radius 3 is 2.85 bits per heavy atom. The topological polar surface area (TPSA) is 122 Å². The van der Waals surface area contributed by atoms with Gasteiger partial charge >= 0.3 is 10.3 Å². The molecule has 1 fully saturated rings. The van der Waals surface area contributed by atoms with E-state index in [1.165, 1.54) is 6.33 Å². The smallest absolute Gasteiger partial charge is 0.333 e. The first-order valence-electron chi connectivity index (χ1n) is 8.17. The predicted molar refractivity (Wildman–Crippen MR) is 98.0 cm³/mol. The molecule has 9 nitrogen and oxygen atoms in total. The molecule has 4 rings (SSSR count). The quantitative estimate of drug-likeness (QED) is 0.684.